The number of nitro groups is 1. The molecule has 0 fully saturated rings. The number of H-pyrrole nitrogens is 1. The molecule has 0 aliphatic carbocycles. The van der Waals surface area contributed by atoms with E-state index in [1.807, 2.05) is 0 Å². The minimum atomic E-state index is -0.500. The third-order valence-corrected chi connectivity index (χ3v) is 1.91. The van der Waals surface area contributed by atoms with Crippen molar-refractivity contribution in [2.24, 2.45) is 0 Å². The van der Waals surface area contributed by atoms with Gasteiger partial charge in [0.15, 0.2) is 11.2 Å². The summed E-state index contributed by atoms with van der Waals surface area (Å²) in [5.74, 6) is 0. The maximum atomic E-state index is 10.5. The predicted octanol–water partition coefficient (Wildman–Crippen LogP) is 1.63. The number of hydrogen-bond donors (Lipinski definition) is 1. The van der Waals surface area contributed by atoms with Crippen LogP contribution in [0.1, 0.15) is 0 Å². The molecule has 0 radical (unpaired) electrons. The Morgan fingerprint density at radius 2 is 2.38 bits per heavy atom. The summed E-state index contributed by atoms with van der Waals surface area (Å²) >= 11 is 3.09. The molecule has 2 aromatic heterocycles. The molecule has 2 aromatic rings. The lowest BCUT2D eigenvalue weighted by molar-refractivity contribution is -0.383. The Bertz CT molecular complexity index is 480. The molecule has 13 heavy (non-hydrogen) atoms. The second-order valence-corrected chi connectivity index (χ2v) is 3.13. The normalized spacial score (nSPS) is 10.5. The molecular weight excluding hydrogens is 240 g/mol. The number of nitrogens with zero attached hydrogens (tertiary/aromatic N) is 3. The van der Waals surface area contributed by atoms with Gasteiger partial charge >= 0.3 is 5.69 Å². The summed E-state index contributed by atoms with van der Waals surface area (Å²) in [4.78, 5) is 20.5. The molecule has 0 unspecified atom stereocenters. The topological polar surface area (TPSA) is 84.7 Å². The van der Waals surface area contributed by atoms with Crippen LogP contribution in [0.5, 0.6) is 0 Å². The minimum absolute atomic E-state index is 0.0659. The maximum Gasteiger partial charge on any atom is 0.314 e. The molecule has 0 spiro atoms. The van der Waals surface area contributed by atoms with Crippen molar-refractivity contribution in [3.8, 4) is 0 Å². The molecule has 0 saturated heterocycles. The number of fused-ring (bicyclic) bond motifs is 1. The number of hydrogen-bond acceptors (Lipinski definition) is 4. The summed E-state index contributed by atoms with van der Waals surface area (Å²) in [6.45, 7) is 0. The lowest BCUT2D eigenvalue weighted by Gasteiger charge is -1.89. The van der Waals surface area contributed by atoms with Gasteiger partial charge in [-0.3, -0.25) is 10.1 Å². The monoisotopic (exact) mass is 242 g/mol. The second-order valence-electron chi connectivity index (χ2n) is 2.32. The Balaban J connectivity index is 2.79. The lowest BCUT2D eigenvalue weighted by atomic mass is 10.4. The fourth-order valence-electron chi connectivity index (χ4n) is 0.996. The zero-order valence-corrected chi connectivity index (χ0v) is 7.78. The summed E-state index contributed by atoms with van der Waals surface area (Å²) in [6.07, 6.45) is 2.75. The van der Waals surface area contributed by atoms with Gasteiger partial charge in [0.2, 0.25) is 0 Å². The van der Waals surface area contributed by atoms with E-state index < -0.39 is 4.92 Å². The second kappa shape index (κ2) is 2.77. The fourth-order valence-corrected chi connectivity index (χ4v) is 1.28. The Morgan fingerprint density at radius 3 is 3.08 bits per heavy atom. The standard InChI is InChI=1S/C6H3BrN4O2/c7-4-2-9-6-5(10-4)3(1-8-6)11(12)13/h1-2H,(H,8,9). The molecule has 6 nitrogen and oxygen atoms in total. The number of rotatable bonds is 1. The Kier molecular flexibility index (Phi) is 1.73. The number of halogens is 1. The summed E-state index contributed by atoms with van der Waals surface area (Å²) in [5, 5.41) is 10.5. The number of aromatic nitrogens is 3. The highest BCUT2D eigenvalue weighted by Gasteiger charge is 2.15. The molecule has 7 heteroatoms. The molecule has 0 bridgehead atoms. The zero-order chi connectivity index (χ0) is 9.42. The quantitative estimate of drug-likeness (QED) is 0.609. The van der Waals surface area contributed by atoms with Gasteiger partial charge in [0.25, 0.3) is 0 Å². The van der Waals surface area contributed by atoms with Crippen LogP contribution >= 0.6 is 15.9 Å². The molecule has 0 atom stereocenters. The summed E-state index contributed by atoms with van der Waals surface area (Å²) in [7, 11) is 0. The van der Waals surface area contributed by atoms with Gasteiger partial charge in [-0.25, -0.2) is 9.97 Å². The van der Waals surface area contributed by atoms with Gasteiger partial charge in [0.1, 0.15) is 4.60 Å². The van der Waals surface area contributed by atoms with E-state index in [-0.39, 0.29) is 11.2 Å². The van der Waals surface area contributed by atoms with Crippen LogP contribution in [0.15, 0.2) is 17.0 Å². The van der Waals surface area contributed by atoms with Gasteiger partial charge in [-0.05, 0) is 15.9 Å². The van der Waals surface area contributed by atoms with E-state index in [0.717, 1.165) is 0 Å². The first-order chi connectivity index (χ1) is 6.18. The molecule has 0 saturated carbocycles. The number of nitrogens with one attached hydrogen (secondary N) is 1. The van der Waals surface area contributed by atoms with Crippen LogP contribution in [0.4, 0.5) is 5.69 Å². The SMILES string of the molecule is O=[N+]([O-])c1c[nH]c2ncc(Br)nc12. The van der Waals surface area contributed by atoms with E-state index in [1.165, 1.54) is 12.4 Å². The zero-order valence-electron chi connectivity index (χ0n) is 6.19. The van der Waals surface area contributed by atoms with E-state index >= 15 is 0 Å². The van der Waals surface area contributed by atoms with Crippen molar-refractivity contribution in [3.05, 3.63) is 27.1 Å². The Hall–Kier alpha value is -1.50. The van der Waals surface area contributed by atoms with E-state index in [0.29, 0.717) is 10.3 Å². The number of aromatic amines is 1. The Morgan fingerprint density at radius 1 is 1.62 bits per heavy atom. The van der Waals surface area contributed by atoms with Crippen molar-refractivity contribution >= 4 is 32.8 Å². The summed E-state index contributed by atoms with van der Waals surface area (Å²) in [6, 6.07) is 0. The van der Waals surface area contributed by atoms with Gasteiger partial charge in [0.05, 0.1) is 17.3 Å². The molecule has 0 aromatic carbocycles. The van der Waals surface area contributed by atoms with Crippen molar-refractivity contribution in [2.75, 3.05) is 0 Å². The highest BCUT2D eigenvalue weighted by Crippen LogP contribution is 2.22. The van der Waals surface area contributed by atoms with E-state index in [2.05, 4.69) is 30.9 Å². The van der Waals surface area contributed by atoms with Crippen molar-refractivity contribution in [1.82, 2.24) is 15.0 Å². The highest BCUT2D eigenvalue weighted by atomic mass is 79.9. The van der Waals surface area contributed by atoms with Crippen LogP contribution < -0.4 is 0 Å². The van der Waals surface area contributed by atoms with Crippen molar-refractivity contribution in [3.63, 3.8) is 0 Å². The summed E-state index contributed by atoms with van der Waals surface area (Å²) in [5.41, 5.74) is 0.609. The van der Waals surface area contributed by atoms with Crippen molar-refractivity contribution < 1.29 is 4.92 Å². The van der Waals surface area contributed by atoms with E-state index in [4.69, 9.17) is 0 Å². The van der Waals surface area contributed by atoms with Crippen molar-refractivity contribution in [2.45, 2.75) is 0 Å². The van der Waals surface area contributed by atoms with Crippen molar-refractivity contribution in [1.29, 1.82) is 0 Å². The summed E-state index contributed by atoms with van der Waals surface area (Å²) < 4.78 is 0.475. The van der Waals surface area contributed by atoms with Crippen LogP contribution in [0.25, 0.3) is 11.2 Å². The van der Waals surface area contributed by atoms with Crippen LogP contribution in [0, 0.1) is 10.1 Å². The molecule has 2 heterocycles. The maximum absolute atomic E-state index is 10.5. The van der Waals surface area contributed by atoms with Crippen LogP contribution in [0.2, 0.25) is 0 Å². The van der Waals surface area contributed by atoms with Gasteiger partial charge in [-0.2, -0.15) is 0 Å². The van der Waals surface area contributed by atoms with Crippen LogP contribution in [-0.4, -0.2) is 19.9 Å². The van der Waals surface area contributed by atoms with Gasteiger partial charge in [-0.1, -0.05) is 0 Å². The molecule has 66 valence electrons. The average Bonchev–Trinajstić information content (AvgIpc) is 2.46. The molecule has 0 amide bonds. The average molecular weight is 243 g/mol. The highest BCUT2D eigenvalue weighted by molar-refractivity contribution is 9.10. The smallest absolute Gasteiger partial charge is 0.314 e. The predicted molar refractivity (Wildman–Crippen MR) is 48.2 cm³/mol. The first-order valence-electron chi connectivity index (χ1n) is 3.32. The third-order valence-electron chi connectivity index (χ3n) is 1.53. The first kappa shape index (κ1) is 8.11. The minimum Gasteiger partial charge on any atom is -0.339 e. The van der Waals surface area contributed by atoms with E-state index in [1.54, 1.807) is 0 Å². The third kappa shape index (κ3) is 1.26. The molecule has 0 aliphatic heterocycles. The molecule has 1 N–H and O–H groups in total. The Labute approximate surface area is 80.3 Å². The van der Waals surface area contributed by atoms with Crippen LogP contribution in [0.3, 0.4) is 0 Å². The molecular formula is C6H3BrN4O2. The van der Waals surface area contributed by atoms with E-state index in [9.17, 15) is 10.1 Å². The van der Waals surface area contributed by atoms with Gasteiger partial charge < -0.3 is 4.98 Å². The molecule has 0 aliphatic rings. The first-order valence-corrected chi connectivity index (χ1v) is 4.12. The fraction of sp³-hybridized carbons (Fsp3) is 0. The molecule has 2 rings (SSSR count). The lowest BCUT2D eigenvalue weighted by Crippen LogP contribution is -1.88. The van der Waals surface area contributed by atoms with Gasteiger partial charge in [0, 0.05) is 0 Å². The van der Waals surface area contributed by atoms with Gasteiger partial charge in [-0.15, -0.1) is 0 Å². The largest absolute Gasteiger partial charge is 0.339 e. The van der Waals surface area contributed by atoms with Crippen LogP contribution in [-0.2, 0) is 0 Å².